The average Bonchev–Trinajstić information content (AvgIpc) is 2.89. The SMILES string of the molecule is CNC(=O)COC(=O)/C=C/c1ccc2c(c1)OCO2. The Labute approximate surface area is 110 Å². The number of rotatable bonds is 4. The molecular formula is C13H13NO5. The van der Waals surface area contributed by atoms with Crippen molar-refractivity contribution in [3.8, 4) is 11.5 Å². The fourth-order valence-electron chi connectivity index (χ4n) is 1.44. The summed E-state index contributed by atoms with van der Waals surface area (Å²) in [5.41, 5.74) is 0.779. The monoisotopic (exact) mass is 263 g/mol. The topological polar surface area (TPSA) is 73.9 Å². The molecule has 0 saturated carbocycles. The standard InChI is InChI=1S/C13H13NO5/c1-14-12(15)7-17-13(16)5-3-9-2-4-10-11(6-9)19-8-18-10/h2-6H,7-8H2,1H3,(H,14,15)/b5-3+. The number of ether oxygens (including phenoxy) is 3. The van der Waals surface area contributed by atoms with Crippen molar-refractivity contribution in [3.63, 3.8) is 0 Å². The van der Waals surface area contributed by atoms with Gasteiger partial charge in [-0.15, -0.1) is 0 Å². The molecule has 0 spiro atoms. The van der Waals surface area contributed by atoms with Crippen LogP contribution in [0.15, 0.2) is 24.3 Å². The van der Waals surface area contributed by atoms with Crippen LogP contribution in [0.3, 0.4) is 0 Å². The number of carbonyl (C=O) groups is 2. The minimum atomic E-state index is -0.582. The van der Waals surface area contributed by atoms with Gasteiger partial charge in [-0.2, -0.15) is 0 Å². The lowest BCUT2D eigenvalue weighted by Gasteiger charge is -2.00. The molecule has 0 aromatic heterocycles. The van der Waals surface area contributed by atoms with E-state index in [1.807, 2.05) is 0 Å². The van der Waals surface area contributed by atoms with Crippen LogP contribution in [0.2, 0.25) is 0 Å². The van der Waals surface area contributed by atoms with Crippen molar-refractivity contribution in [2.24, 2.45) is 0 Å². The lowest BCUT2D eigenvalue weighted by atomic mass is 10.2. The van der Waals surface area contributed by atoms with Crippen molar-refractivity contribution in [1.82, 2.24) is 5.32 Å². The number of fused-ring (bicyclic) bond motifs is 1. The second-order valence-electron chi connectivity index (χ2n) is 3.73. The summed E-state index contributed by atoms with van der Waals surface area (Å²) in [6.45, 7) is -0.0858. The quantitative estimate of drug-likeness (QED) is 0.640. The number of benzene rings is 1. The van der Waals surface area contributed by atoms with E-state index in [1.165, 1.54) is 13.1 Å². The van der Waals surface area contributed by atoms with E-state index in [0.29, 0.717) is 11.5 Å². The molecule has 0 unspecified atom stereocenters. The molecule has 2 rings (SSSR count). The van der Waals surface area contributed by atoms with E-state index in [1.54, 1.807) is 24.3 Å². The van der Waals surface area contributed by atoms with Crippen LogP contribution in [0.25, 0.3) is 6.08 Å². The minimum Gasteiger partial charge on any atom is -0.454 e. The van der Waals surface area contributed by atoms with Gasteiger partial charge in [0, 0.05) is 13.1 Å². The number of esters is 1. The predicted molar refractivity (Wildman–Crippen MR) is 66.6 cm³/mol. The molecule has 1 aromatic carbocycles. The first-order valence-electron chi connectivity index (χ1n) is 5.64. The highest BCUT2D eigenvalue weighted by Gasteiger charge is 2.12. The molecule has 0 aliphatic carbocycles. The Morgan fingerprint density at radius 1 is 1.37 bits per heavy atom. The van der Waals surface area contributed by atoms with Crippen molar-refractivity contribution in [2.75, 3.05) is 20.4 Å². The van der Waals surface area contributed by atoms with Crippen molar-refractivity contribution >= 4 is 18.0 Å². The summed E-state index contributed by atoms with van der Waals surface area (Å²) in [4.78, 5) is 22.2. The number of hydrogen-bond donors (Lipinski definition) is 1. The van der Waals surface area contributed by atoms with Gasteiger partial charge in [0.25, 0.3) is 5.91 Å². The molecule has 1 amide bonds. The average molecular weight is 263 g/mol. The van der Waals surface area contributed by atoms with E-state index >= 15 is 0 Å². The van der Waals surface area contributed by atoms with Gasteiger partial charge < -0.3 is 19.5 Å². The van der Waals surface area contributed by atoms with E-state index in [-0.39, 0.29) is 19.3 Å². The molecule has 1 aromatic rings. The Hall–Kier alpha value is -2.50. The van der Waals surface area contributed by atoms with Crippen LogP contribution in [0.1, 0.15) is 5.56 Å². The molecule has 6 heteroatoms. The highest BCUT2D eigenvalue weighted by atomic mass is 16.7. The Bertz CT molecular complexity index is 524. The van der Waals surface area contributed by atoms with Gasteiger partial charge in [0.1, 0.15) is 0 Å². The summed E-state index contributed by atoms with van der Waals surface area (Å²) < 4.78 is 15.1. The third-order valence-electron chi connectivity index (χ3n) is 2.43. The van der Waals surface area contributed by atoms with Gasteiger partial charge in [-0.3, -0.25) is 4.79 Å². The maximum absolute atomic E-state index is 11.3. The van der Waals surface area contributed by atoms with Gasteiger partial charge in [-0.25, -0.2) is 4.79 Å². The summed E-state index contributed by atoms with van der Waals surface area (Å²) in [6.07, 6.45) is 2.83. The van der Waals surface area contributed by atoms with Crippen LogP contribution >= 0.6 is 0 Å². The molecule has 0 radical (unpaired) electrons. The number of likely N-dealkylation sites (N-methyl/N-ethyl adjacent to an activating group) is 1. The zero-order valence-electron chi connectivity index (χ0n) is 10.3. The molecule has 1 heterocycles. The highest BCUT2D eigenvalue weighted by Crippen LogP contribution is 2.32. The van der Waals surface area contributed by atoms with E-state index < -0.39 is 5.97 Å². The van der Waals surface area contributed by atoms with Gasteiger partial charge in [-0.1, -0.05) is 6.07 Å². The lowest BCUT2D eigenvalue weighted by Crippen LogP contribution is -2.24. The zero-order valence-corrected chi connectivity index (χ0v) is 10.3. The third kappa shape index (κ3) is 3.48. The Morgan fingerprint density at radius 3 is 2.95 bits per heavy atom. The first kappa shape index (κ1) is 12.9. The van der Waals surface area contributed by atoms with Crippen LogP contribution in [0.5, 0.6) is 11.5 Å². The minimum absolute atomic E-state index is 0.205. The number of nitrogens with one attached hydrogen (secondary N) is 1. The van der Waals surface area contributed by atoms with Crippen molar-refractivity contribution in [2.45, 2.75) is 0 Å². The first-order valence-corrected chi connectivity index (χ1v) is 5.64. The summed E-state index contributed by atoms with van der Waals surface area (Å²) >= 11 is 0. The fourth-order valence-corrected chi connectivity index (χ4v) is 1.44. The van der Waals surface area contributed by atoms with Gasteiger partial charge in [0.15, 0.2) is 18.1 Å². The molecule has 1 N–H and O–H groups in total. The molecule has 100 valence electrons. The second-order valence-corrected chi connectivity index (χ2v) is 3.73. The number of carbonyl (C=O) groups excluding carboxylic acids is 2. The molecular weight excluding hydrogens is 250 g/mol. The van der Waals surface area contributed by atoms with Crippen LogP contribution in [-0.4, -0.2) is 32.3 Å². The van der Waals surface area contributed by atoms with Crippen molar-refractivity contribution in [1.29, 1.82) is 0 Å². The largest absolute Gasteiger partial charge is 0.454 e. The van der Waals surface area contributed by atoms with Crippen LogP contribution in [-0.2, 0) is 14.3 Å². The highest BCUT2D eigenvalue weighted by molar-refractivity contribution is 5.89. The molecule has 0 bridgehead atoms. The summed E-state index contributed by atoms with van der Waals surface area (Å²) in [5, 5.41) is 2.35. The number of hydrogen-bond acceptors (Lipinski definition) is 5. The summed E-state index contributed by atoms with van der Waals surface area (Å²) in [6, 6.07) is 5.30. The predicted octanol–water partition coefficient (Wildman–Crippen LogP) is 0.718. The van der Waals surface area contributed by atoms with E-state index in [9.17, 15) is 9.59 Å². The molecule has 1 aliphatic rings. The Kier molecular flexibility index (Phi) is 4.02. The molecule has 0 fully saturated rings. The first-order chi connectivity index (χ1) is 9.19. The van der Waals surface area contributed by atoms with E-state index in [4.69, 9.17) is 14.2 Å². The van der Waals surface area contributed by atoms with Crippen LogP contribution in [0, 0.1) is 0 Å². The van der Waals surface area contributed by atoms with Crippen LogP contribution in [0.4, 0.5) is 0 Å². The summed E-state index contributed by atoms with van der Waals surface area (Å²) in [5.74, 6) is 0.381. The number of amides is 1. The second kappa shape index (κ2) is 5.90. The normalized spacial score (nSPS) is 12.5. The van der Waals surface area contributed by atoms with Gasteiger partial charge in [0.2, 0.25) is 6.79 Å². The molecule has 0 atom stereocenters. The van der Waals surface area contributed by atoms with Crippen molar-refractivity contribution < 1.29 is 23.8 Å². The molecule has 1 aliphatic heterocycles. The third-order valence-corrected chi connectivity index (χ3v) is 2.43. The van der Waals surface area contributed by atoms with E-state index in [0.717, 1.165) is 5.56 Å². The molecule has 0 saturated heterocycles. The molecule has 6 nitrogen and oxygen atoms in total. The smallest absolute Gasteiger partial charge is 0.331 e. The maximum Gasteiger partial charge on any atom is 0.331 e. The fraction of sp³-hybridized carbons (Fsp3) is 0.231. The van der Waals surface area contributed by atoms with Crippen LogP contribution < -0.4 is 14.8 Å². The van der Waals surface area contributed by atoms with Gasteiger partial charge >= 0.3 is 5.97 Å². The summed E-state index contributed by atoms with van der Waals surface area (Å²) in [7, 11) is 1.47. The zero-order chi connectivity index (χ0) is 13.7. The Morgan fingerprint density at radius 2 is 2.16 bits per heavy atom. The van der Waals surface area contributed by atoms with Gasteiger partial charge in [-0.05, 0) is 23.8 Å². The maximum atomic E-state index is 11.3. The molecule has 19 heavy (non-hydrogen) atoms. The Balaban J connectivity index is 1.91. The van der Waals surface area contributed by atoms with Crippen molar-refractivity contribution in [3.05, 3.63) is 29.8 Å². The van der Waals surface area contributed by atoms with E-state index in [2.05, 4.69) is 5.32 Å². The van der Waals surface area contributed by atoms with Gasteiger partial charge in [0.05, 0.1) is 0 Å². The lowest BCUT2D eigenvalue weighted by molar-refractivity contribution is -0.143.